The molecule has 0 aliphatic carbocycles. The highest BCUT2D eigenvalue weighted by molar-refractivity contribution is 5.78. The molecule has 116 valence electrons. The highest BCUT2D eigenvalue weighted by Crippen LogP contribution is 2.10. The topological polar surface area (TPSA) is 132 Å². The Balaban J connectivity index is 1.80. The van der Waals surface area contributed by atoms with E-state index in [9.17, 15) is 9.59 Å². The number of piperazine rings is 1. The number of aromatic nitrogens is 2. The van der Waals surface area contributed by atoms with E-state index in [2.05, 4.69) is 14.8 Å². The Labute approximate surface area is 125 Å². The van der Waals surface area contributed by atoms with E-state index in [1.54, 1.807) is 10.4 Å². The van der Waals surface area contributed by atoms with Gasteiger partial charge in [0.15, 0.2) is 6.61 Å². The van der Waals surface area contributed by atoms with Gasteiger partial charge in [0, 0.05) is 26.2 Å². The van der Waals surface area contributed by atoms with Gasteiger partial charge in [-0.3, -0.25) is 9.63 Å². The van der Waals surface area contributed by atoms with Crippen LogP contribution >= 0.6 is 0 Å². The molecule has 1 aromatic rings. The van der Waals surface area contributed by atoms with Gasteiger partial charge in [-0.1, -0.05) is 0 Å². The Morgan fingerprint density at radius 2 is 1.95 bits per heavy atom. The zero-order chi connectivity index (χ0) is 15.9. The number of carboxylic acid groups (broad SMARTS) is 1. The minimum atomic E-state index is -1.35. The molecule has 1 fully saturated rings. The average Bonchev–Trinajstić information content (AvgIpc) is 2.54. The van der Waals surface area contributed by atoms with Gasteiger partial charge in [0.25, 0.3) is 5.91 Å². The van der Waals surface area contributed by atoms with Crippen LogP contribution in [0.4, 0.5) is 10.7 Å². The van der Waals surface area contributed by atoms with E-state index in [0.717, 1.165) is 0 Å². The molecule has 1 aliphatic heterocycles. The Hall–Kier alpha value is -2.93. The molecular formula is C12H14N6O4. The number of nitriles is 1. The molecule has 1 aliphatic rings. The van der Waals surface area contributed by atoms with Gasteiger partial charge in [-0.2, -0.15) is 10.7 Å². The number of hydrogen-bond donors (Lipinski definition) is 2. The number of rotatable bonds is 4. The normalized spacial score (nSPS) is 14.3. The van der Waals surface area contributed by atoms with Crippen molar-refractivity contribution < 1.29 is 19.5 Å². The SMILES string of the molecule is N#Cc1cnc(N2CCN(C(=O)CONC(=O)O)CC2)nc1. The van der Waals surface area contributed by atoms with Crippen LogP contribution < -0.4 is 10.4 Å². The van der Waals surface area contributed by atoms with Crippen molar-refractivity contribution in [2.75, 3.05) is 37.7 Å². The van der Waals surface area contributed by atoms with Crippen LogP contribution in [-0.4, -0.2) is 64.8 Å². The molecule has 0 radical (unpaired) electrons. The number of nitrogens with one attached hydrogen (secondary N) is 1. The summed E-state index contributed by atoms with van der Waals surface area (Å²) >= 11 is 0. The Morgan fingerprint density at radius 1 is 1.32 bits per heavy atom. The van der Waals surface area contributed by atoms with E-state index in [0.29, 0.717) is 37.7 Å². The summed E-state index contributed by atoms with van der Waals surface area (Å²) < 4.78 is 0. The summed E-state index contributed by atoms with van der Waals surface area (Å²) in [7, 11) is 0. The molecule has 0 unspecified atom stereocenters. The van der Waals surface area contributed by atoms with Crippen LogP contribution in [0.5, 0.6) is 0 Å². The van der Waals surface area contributed by atoms with Crippen molar-refractivity contribution in [3.63, 3.8) is 0 Å². The third-order valence-electron chi connectivity index (χ3n) is 3.04. The summed E-state index contributed by atoms with van der Waals surface area (Å²) in [5, 5.41) is 17.0. The summed E-state index contributed by atoms with van der Waals surface area (Å²) in [6, 6.07) is 1.95. The van der Waals surface area contributed by atoms with Crippen molar-refractivity contribution in [2.24, 2.45) is 0 Å². The molecule has 1 aromatic heterocycles. The average molecular weight is 306 g/mol. The van der Waals surface area contributed by atoms with Gasteiger partial charge < -0.3 is 14.9 Å². The van der Waals surface area contributed by atoms with E-state index >= 15 is 0 Å². The summed E-state index contributed by atoms with van der Waals surface area (Å²) in [4.78, 5) is 38.2. The molecule has 0 bridgehead atoms. The van der Waals surface area contributed by atoms with Crippen LogP contribution in [0.1, 0.15) is 5.56 Å². The number of hydrogen-bond acceptors (Lipinski definition) is 7. The van der Waals surface area contributed by atoms with Crippen LogP contribution in [0.25, 0.3) is 0 Å². The lowest BCUT2D eigenvalue weighted by Gasteiger charge is -2.34. The second-order valence-electron chi connectivity index (χ2n) is 4.45. The van der Waals surface area contributed by atoms with Gasteiger partial charge >= 0.3 is 6.09 Å². The number of anilines is 1. The van der Waals surface area contributed by atoms with Gasteiger partial charge in [-0.15, -0.1) is 0 Å². The summed E-state index contributed by atoms with van der Waals surface area (Å²) in [6.45, 7) is 1.66. The monoisotopic (exact) mass is 306 g/mol. The number of carbonyl (C=O) groups is 2. The van der Waals surface area contributed by atoms with Crippen molar-refractivity contribution in [2.45, 2.75) is 0 Å². The summed E-state index contributed by atoms with van der Waals surface area (Å²) in [5.74, 6) is 0.212. The predicted molar refractivity (Wildman–Crippen MR) is 72.7 cm³/mol. The molecular weight excluding hydrogens is 292 g/mol. The van der Waals surface area contributed by atoms with Crippen LogP contribution in [0.15, 0.2) is 12.4 Å². The predicted octanol–water partition coefficient (Wildman–Crippen LogP) is -0.804. The molecule has 0 saturated carbocycles. The fourth-order valence-electron chi connectivity index (χ4n) is 1.95. The van der Waals surface area contributed by atoms with Gasteiger partial charge in [-0.25, -0.2) is 14.8 Å². The Bertz CT molecular complexity index is 576. The first-order chi connectivity index (χ1) is 10.6. The molecule has 2 rings (SSSR count). The van der Waals surface area contributed by atoms with Crippen molar-refractivity contribution in [3.05, 3.63) is 18.0 Å². The molecule has 0 aromatic carbocycles. The Kier molecular flexibility index (Phi) is 5.05. The maximum absolute atomic E-state index is 11.8. The summed E-state index contributed by atoms with van der Waals surface area (Å²) in [6.07, 6.45) is 1.55. The molecule has 0 spiro atoms. The maximum atomic E-state index is 11.8. The lowest BCUT2D eigenvalue weighted by molar-refractivity contribution is -0.138. The van der Waals surface area contributed by atoms with E-state index in [-0.39, 0.29) is 12.5 Å². The van der Waals surface area contributed by atoms with Crippen LogP contribution in [0.3, 0.4) is 0 Å². The van der Waals surface area contributed by atoms with E-state index in [1.807, 2.05) is 11.0 Å². The molecule has 2 heterocycles. The van der Waals surface area contributed by atoms with Crippen molar-refractivity contribution in [3.8, 4) is 6.07 Å². The number of amides is 2. The minimum absolute atomic E-state index is 0.297. The number of carbonyl (C=O) groups excluding carboxylic acids is 1. The summed E-state index contributed by atoms with van der Waals surface area (Å²) in [5.41, 5.74) is 2.06. The first-order valence-corrected chi connectivity index (χ1v) is 6.45. The quantitative estimate of drug-likeness (QED) is 0.691. The van der Waals surface area contributed by atoms with Gasteiger partial charge in [0.1, 0.15) is 6.07 Å². The molecule has 2 N–H and O–H groups in total. The van der Waals surface area contributed by atoms with Crippen molar-refractivity contribution >= 4 is 17.9 Å². The van der Waals surface area contributed by atoms with Crippen LogP contribution in [0.2, 0.25) is 0 Å². The molecule has 10 nitrogen and oxygen atoms in total. The molecule has 2 amide bonds. The Morgan fingerprint density at radius 3 is 2.50 bits per heavy atom. The highest BCUT2D eigenvalue weighted by atomic mass is 16.7. The zero-order valence-electron chi connectivity index (χ0n) is 11.6. The third kappa shape index (κ3) is 4.03. The fraction of sp³-hybridized carbons (Fsp3) is 0.417. The number of nitrogens with zero attached hydrogens (tertiary/aromatic N) is 5. The molecule has 22 heavy (non-hydrogen) atoms. The lowest BCUT2D eigenvalue weighted by atomic mass is 10.3. The maximum Gasteiger partial charge on any atom is 0.428 e. The van der Waals surface area contributed by atoms with Crippen molar-refractivity contribution in [1.29, 1.82) is 5.26 Å². The van der Waals surface area contributed by atoms with Gasteiger partial charge in [0.2, 0.25) is 5.95 Å². The van der Waals surface area contributed by atoms with E-state index < -0.39 is 6.09 Å². The molecule has 0 atom stereocenters. The first-order valence-electron chi connectivity index (χ1n) is 6.45. The highest BCUT2D eigenvalue weighted by Gasteiger charge is 2.22. The smallest absolute Gasteiger partial charge is 0.428 e. The lowest BCUT2D eigenvalue weighted by Crippen LogP contribution is -2.50. The molecule has 1 saturated heterocycles. The second-order valence-corrected chi connectivity index (χ2v) is 4.45. The number of hydroxylamine groups is 1. The van der Waals surface area contributed by atoms with E-state index in [4.69, 9.17) is 10.4 Å². The standard InChI is InChI=1S/C12H14N6O4/c13-5-9-6-14-11(15-7-9)18-3-1-17(2-4-18)10(19)8-22-16-12(20)21/h6-7,16H,1-4,8H2,(H,20,21). The largest absolute Gasteiger partial charge is 0.464 e. The fourth-order valence-corrected chi connectivity index (χ4v) is 1.95. The van der Waals surface area contributed by atoms with Gasteiger partial charge in [-0.05, 0) is 0 Å². The van der Waals surface area contributed by atoms with Crippen LogP contribution in [-0.2, 0) is 9.63 Å². The zero-order valence-corrected chi connectivity index (χ0v) is 11.6. The molecule has 10 heteroatoms. The minimum Gasteiger partial charge on any atom is -0.464 e. The van der Waals surface area contributed by atoms with E-state index in [1.165, 1.54) is 12.4 Å². The van der Waals surface area contributed by atoms with Crippen molar-refractivity contribution in [1.82, 2.24) is 20.3 Å². The van der Waals surface area contributed by atoms with Crippen LogP contribution in [0, 0.1) is 11.3 Å². The first kappa shape index (κ1) is 15.5. The third-order valence-corrected chi connectivity index (χ3v) is 3.04. The van der Waals surface area contributed by atoms with Gasteiger partial charge in [0.05, 0.1) is 18.0 Å². The second kappa shape index (κ2) is 7.19.